The summed E-state index contributed by atoms with van der Waals surface area (Å²) in [7, 11) is 0. The summed E-state index contributed by atoms with van der Waals surface area (Å²) in [5.74, 6) is -3.65. The molecule has 30 heteroatoms. The second-order valence-corrected chi connectivity index (χ2v) is 23.2. The van der Waals surface area contributed by atoms with Gasteiger partial charge in [-0.25, -0.2) is 19.2 Å². The van der Waals surface area contributed by atoms with Gasteiger partial charge in [-0.3, -0.25) is 43.2 Å². The molecule has 0 aromatic carbocycles. The Kier molecular flexibility index (Phi) is 56.6. The summed E-state index contributed by atoms with van der Waals surface area (Å²) in [4.78, 5) is 173. The minimum atomic E-state index is -0.616. The van der Waals surface area contributed by atoms with Gasteiger partial charge in [0.25, 0.3) is 0 Å². The standard InChI is InChI=1S/C68H117N13O17/c1-6-48-95-65(91)74-36-26-16-21-31-61(87)78(52-56(5)82)44-41-71-58(84)54-80(63(89)33-23-18-28-38-76-67(93)97-50-8-3)46-43-73-60(86)55-81(64(90)34-24-19-29-39-77-68(94)98-51-9-4)47-42-72-59(85)53-79(62(88)32-22-17-27-37-75-66(92)96-49-7-2)45-40-70-57(83)30-20-14-12-10-11-13-15-25-35-69/h6-9H,1-4,10-55,69H2,5H3,(H,70,83)(H,71,84)(H,72,85)(H,73,86)(H,74,91)(H,75,92)(H,76,93)(H,77,94). The van der Waals surface area contributed by atoms with E-state index in [9.17, 15) is 62.3 Å². The zero-order chi connectivity index (χ0) is 72.7. The molecule has 0 aliphatic rings. The molecule has 12 amide bonds. The molecule has 0 fully saturated rings. The Balaban J connectivity index is 6.17. The third-order valence-corrected chi connectivity index (χ3v) is 14.7. The number of unbranched alkanes of at least 4 members (excludes halogenated alkanes) is 15. The Morgan fingerprint density at radius 1 is 0.296 bits per heavy atom. The van der Waals surface area contributed by atoms with Crippen LogP contribution in [-0.2, 0) is 62.1 Å². The summed E-state index contributed by atoms with van der Waals surface area (Å²) in [5.41, 5.74) is 5.59. The lowest BCUT2D eigenvalue weighted by Crippen LogP contribution is -2.48. The molecule has 0 aromatic heterocycles. The van der Waals surface area contributed by atoms with Crippen molar-refractivity contribution in [3.63, 3.8) is 0 Å². The molecule has 0 aliphatic carbocycles. The van der Waals surface area contributed by atoms with Gasteiger partial charge < -0.3 is 86.8 Å². The molecule has 0 saturated heterocycles. The Morgan fingerprint density at radius 2 is 0.531 bits per heavy atom. The minimum Gasteiger partial charge on any atom is -0.445 e. The summed E-state index contributed by atoms with van der Waals surface area (Å²) in [6, 6.07) is 0. The summed E-state index contributed by atoms with van der Waals surface area (Å²) >= 11 is 0. The first kappa shape index (κ1) is 89.4. The third kappa shape index (κ3) is 53.6. The van der Waals surface area contributed by atoms with Crippen LogP contribution < -0.4 is 48.3 Å². The fraction of sp³-hybridized carbons (Fsp3) is 0.691. The number of nitrogens with zero attached hydrogens (tertiary/aromatic N) is 4. The van der Waals surface area contributed by atoms with Gasteiger partial charge in [0, 0.05) is 111 Å². The lowest BCUT2D eigenvalue weighted by Gasteiger charge is -2.25. The van der Waals surface area contributed by atoms with Crippen LogP contribution in [0.2, 0.25) is 0 Å². The molecule has 0 rings (SSSR count). The summed E-state index contributed by atoms with van der Waals surface area (Å²) in [5, 5.41) is 21.6. The molecule has 0 aromatic rings. The molecule has 98 heavy (non-hydrogen) atoms. The maximum absolute atomic E-state index is 13.9. The number of Topliss-reactive ketones (excluding diaryl/α,β-unsaturated/α-hetero) is 1. The lowest BCUT2D eigenvalue weighted by molar-refractivity contribution is -0.137. The van der Waals surface area contributed by atoms with Crippen molar-refractivity contribution in [3.05, 3.63) is 50.6 Å². The predicted octanol–water partition coefficient (Wildman–Crippen LogP) is 4.71. The van der Waals surface area contributed by atoms with E-state index in [1.54, 1.807) is 0 Å². The number of ketones is 1. The summed E-state index contributed by atoms with van der Waals surface area (Å²) in [6.07, 6.45) is 18.2. The van der Waals surface area contributed by atoms with Gasteiger partial charge in [0.05, 0.1) is 26.2 Å². The van der Waals surface area contributed by atoms with Crippen LogP contribution in [0, 0.1) is 0 Å². The van der Waals surface area contributed by atoms with Crippen molar-refractivity contribution in [1.82, 2.24) is 62.1 Å². The van der Waals surface area contributed by atoms with Gasteiger partial charge in [-0.15, -0.1) is 0 Å². The molecule has 10 N–H and O–H groups in total. The van der Waals surface area contributed by atoms with Gasteiger partial charge in [0.1, 0.15) is 32.2 Å². The maximum Gasteiger partial charge on any atom is 0.407 e. The molecule has 556 valence electrons. The van der Waals surface area contributed by atoms with E-state index in [2.05, 4.69) is 68.9 Å². The van der Waals surface area contributed by atoms with Crippen LogP contribution in [0.5, 0.6) is 0 Å². The third-order valence-electron chi connectivity index (χ3n) is 14.7. The second-order valence-electron chi connectivity index (χ2n) is 23.2. The number of carbonyl (C=O) groups excluding carboxylic acids is 13. The monoisotopic (exact) mass is 1390 g/mol. The second kappa shape index (κ2) is 62.0. The quantitative estimate of drug-likeness (QED) is 0.0226. The van der Waals surface area contributed by atoms with Crippen LogP contribution >= 0.6 is 0 Å². The van der Waals surface area contributed by atoms with Crippen molar-refractivity contribution < 1.29 is 81.3 Å². The van der Waals surface area contributed by atoms with Gasteiger partial charge in [-0.2, -0.15) is 0 Å². The molecule has 30 nitrogen and oxygen atoms in total. The average Bonchev–Trinajstić information content (AvgIpc) is 3.73. The largest absolute Gasteiger partial charge is 0.445 e. The molecular formula is C68H117N13O17. The molecule has 0 atom stereocenters. The van der Waals surface area contributed by atoms with Crippen molar-refractivity contribution in [2.75, 3.05) is 138 Å². The minimum absolute atomic E-state index is 0.000820. The van der Waals surface area contributed by atoms with Crippen molar-refractivity contribution in [2.45, 2.75) is 167 Å². The fourth-order valence-electron chi connectivity index (χ4n) is 9.47. The molecule has 0 radical (unpaired) electrons. The van der Waals surface area contributed by atoms with E-state index in [1.165, 1.54) is 50.8 Å². The Morgan fingerprint density at radius 3 is 0.796 bits per heavy atom. The zero-order valence-electron chi connectivity index (χ0n) is 58.5. The summed E-state index contributed by atoms with van der Waals surface area (Å²) < 4.78 is 19.7. The molecule has 0 bridgehead atoms. The zero-order valence-corrected chi connectivity index (χ0v) is 58.5. The van der Waals surface area contributed by atoms with Crippen LogP contribution in [0.1, 0.15) is 167 Å². The van der Waals surface area contributed by atoms with E-state index in [0.717, 1.165) is 51.4 Å². The number of ether oxygens (including phenoxy) is 4. The van der Waals surface area contributed by atoms with Crippen molar-refractivity contribution in [2.24, 2.45) is 5.73 Å². The highest BCUT2D eigenvalue weighted by molar-refractivity contribution is 5.88. The van der Waals surface area contributed by atoms with Crippen molar-refractivity contribution >= 4 is 77.4 Å². The summed E-state index contributed by atoms with van der Waals surface area (Å²) in [6.45, 7) is 15.7. The Hall–Kier alpha value is -8.57. The van der Waals surface area contributed by atoms with E-state index in [0.29, 0.717) is 103 Å². The lowest BCUT2D eigenvalue weighted by atomic mass is 10.1. The highest BCUT2D eigenvalue weighted by Crippen LogP contribution is 2.11. The first-order valence-corrected chi connectivity index (χ1v) is 34.7. The number of carbonyl (C=O) groups is 13. The molecular weight excluding hydrogens is 1270 g/mol. The average molecular weight is 1390 g/mol. The van der Waals surface area contributed by atoms with E-state index < -0.39 is 67.0 Å². The number of amides is 12. The van der Waals surface area contributed by atoms with Crippen molar-refractivity contribution in [3.8, 4) is 0 Å². The first-order chi connectivity index (χ1) is 47.3. The van der Waals surface area contributed by atoms with Crippen LogP contribution in [0.3, 0.4) is 0 Å². The number of hydrogen-bond donors (Lipinski definition) is 9. The number of nitrogens with two attached hydrogens (primary N) is 1. The number of nitrogens with one attached hydrogen (secondary N) is 8. The number of alkyl carbamates (subject to hydrolysis) is 4. The van der Waals surface area contributed by atoms with Gasteiger partial charge in [-0.05, 0) is 77.7 Å². The van der Waals surface area contributed by atoms with Crippen LogP contribution in [0.15, 0.2) is 50.6 Å². The van der Waals surface area contributed by atoms with Gasteiger partial charge in [-0.1, -0.05) is 115 Å². The first-order valence-electron chi connectivity index (χ1n) is 34.7. The topological polar surface area (TPSA) is 394 Å². The molecule has 0 heterocycles. The fourth-order valence-corrected chi connectivity index (χ4v) is 9.47. The van der Waals surface area contributed by atoms with Crippen LogP contribution in [-0.4, -0.2) is 235 Å². The normalized spacial score (nSPS) is 10.5. The van der Waals surface area contributed by atoms with E-state index in [4.69, 9.17) is 24.7 Å². The highest BCUT2D eigenvalue weighted by Gasteiger charge is 2.23. The van der Waals surface area contributed by atoms with Gasteiger partial charge >= 0.3 is 24.4 Å². The molecule has 0 spiro atoms. The Labute approximate surface area is 580 Å². The van der Waals surface area contributed by atoms with Crippen molar-refractivity contribution in [1.29, 1.82) is 0 Å². The van der Waals surface area contributed by atoms with Gasteiger partial charge in [0.2, 0.25) is 47.3 Å². The molecule has 0 unspecified atom stereocenters. The maximum atomic E-state index is 13.9. The number of hydrogen-bond acceptors (Lipinski definition) is 18. The highest BCUT2D eigenvalue weighted by atomic mass is 16.6. The van der Waals surface area contributed by atoms with E-state index >= 15 is 0 Å². The van der Waals surface area contributed by atoms with Crippen LogP contribution in [0.25, 0.3) is 0 Å². The number of rotatable bonds is 62. The van der Waals surface area contributed by atoms with Crippen LogP contribution in [0.4, 0.5) is 19.2 Å². The SMILES string of the molecule is C=CCOC(=O)NCCCCCC(=O)N(CCNC(=O)CN(CCNC(=O)CN(CCNC(=O)CN(CCNC(=O)CCCCCCCCCCN)C(=O)CCCCCNC(=O)OCC=C)C(=O)CCCCCNC(=O)OCC=C)C(=O)CCCCCNC(=O)OCC=C)CC(C)=O. The smallest absolute Gasteiger partial charge is 0.407 e. The molecule has 0 saturated carbocycles. The van der Waals surface area contributed by atoms with E-state index in [1.807, 2.05) is 0 Å². The predicted molar refractivity (Wildman–Crippen MR) is 372 cm³/mol. The molecule has 0 aliphatic heterocycles. The Bertz CT molecular complexity index is 2400. The van der Waals surface area contributed by atoms with E-state index in [-0.39, 0.29) is 154 Å². The van der Waals surface area contributed by atoms with Gasteiger partial charge in [0.15, 0.2) is 0 Å².